The number of carboxylic acids is 1. The van der Waals surface area contributed by atoms with Gasteiger partial charge >= 0.3 is 12.1 Å². The number of hydrogen-bond donors (Lipinski definition) is 2. The van der Waals surface area contributed by atoms with Crippen LogP contribution in [0.2, 0.25) is 0 Å². The van der Waals surface area contributed by atoms with E-state index in [0.29, 0.717) is 0 Å². The second kappa shape index (κ2) is 10.4. The van der Waals surface area contributed by atoms with E-state index in [-0.39, 0.29) is 6.10 Å². The summed E-state index contributed by atoms with van der Waals surface area (Å²) in [6, 6.07) is 0. The van der Waals surface area contributed by atoms with Crippen molar-refractivity contribution in [1.82, 2.24) is 0 Å². The average Bonchev–Trinajstić information content (AvgIpc) is 2.16. The van der Waals surface area contributed by atoms with Crippen LogP contribution in [0.1, 0.15) is 52.4 Å². The lowest BCUT2D eigenvalue weighted by Crippen LogP contribution is -2.21. The highest BCUT2D eigenvalue weighted by atomic mass is 19.4. The molecule has 0 fully saturated rings. The van der Waals surface area contributed by atoms with E-state index < -0.39 is 12.1 Å². The second-order valence-electron chi connectivity index (χ2n) is 3.85. The molecule has 0 saturated heterocycles. The lowest BCUT2D eigenvalue weighted by molar-refractivity contribution is -0.192. The van der Waals surface area contributed by atoms with Gasteiger partial charge in [-0.2, -0.15) is 13.2 Å². The summed E-state index contributed by atoms with van der Waals surface area (Å²) in [5.74, 6) is -2.76. The maximum atomic E-state index is 10.6. The molecule has 0 heterocycles. The van der Waals surface area contributed by atoms with E-state index in [1.54, 1.807) is 0 Å². The lowest BCUT2D eigenvalue weighted by Gasteiger charge is -2.02. The Balaban J connectivity index is 0. The van der Waals surface area contributed by atoms with Crippen LogP contribution in [0, 0.1) is 0 Å². The number of carbonyl (C=O) groups is 1. The Hall–Kier alpha value is -0.780. The Morgan fingerprint density at radius 3 is 1.88 bits per heavy atom. The molecule has 0 aromatic carbocycles. The van der Waals surface area contributed by atoms with Gasteiger partial charge in [-0.25, -0.2) is 4.79 Å². The molecule has 0 spiro atoms. The van der Waals surface area contributed by atoms with Crippen molar-refractivity contribution in [2.75, 3.05) is 0 Å². The van der Waals surface area contributed by atoms with E-state index >= 15 is 0 Å². The zero-order valence-corrected chi connectivity index (χ0v) is 10.3. The van der Waals surface area contributed by atoms with Gasteiger partial charge in [0.25, 0.3) is 0 Å². The van der Waals surface area contributed by atoms with Crippen molar-refractivity contribution >= 4 is 5.97 Å². The van der Waals surface area contributed by atoms with Gasteiger partial charge in [0.15, 0.2) is 0 Å². The Labute approximate surface area is 99.6 Å². The van der Waals surface area contributed by atoms with Crippen molar-refractivity contribution in [3.05, 3.63) is 0 Å². The SMILES string of the molecule is CCCCCCCC(C)O.O=C(O)C(F)(F)F. The number of carboxylic acid groups (broad SMARTS) is 1. The van der Waals surface area contributed by atoms with Gasteiger partial charge in [0.2, 0.25) is 0 Å². The smallest absolute Gasteiger partial charge is 0.475 e. The standard InChI is InChI=1S/C9H20O.C2HF3O2/c1-3-4-5-6-7-8-9(2)10;3-2(4,5)1(6)7/h9-10H,3-8H2,1-2H3;(H,6,7). The molecule has 3 nitrogen and oxygen atoms in total. The summed E-state index contributed by atoms with van der Waals surface area (Å²) in [6.07, 6.45) is 2.26. The highest BCUT2D eigenvalue weighted by molar-refractivity contribution is 5.73. The molecule has 104 valence electrons. The Morgan fingerprint density at radius 1 is 1.18 bits per heavy atom. The van der Waals surface area contributed by atoms with Gasteiger partial charge < -0.3 is 10.2 Å². The zero-order chi connectivity index (χ0) is 13.9. The molecule has 0 bridgehead atoms. The summed E-state index contributed by atoms with van der Waals surface area (Å²) in [5.41, 5.74) is 0. The zero-order valence-electron chi connectivity index (χ0n) is 10.3. The van der Waals surface area contributed by atoms with Crippen molar-refractivity contribution in [3.8, 4) is 0 Å². The minimum Gasteiger partial charge on any atom is -0.475 e. The largest absolute Gasteiger partial charge is 0.490 e. The number of alkyl halides is 3. The average molecular weight is 258 g/mol. The minimum atomic E-state index is -5.08. The molecule has 2 N–H and O–H groups in total. The quantitative estimate of drug-likeness (QED) is 0.718. The van der Waals surface area contributed by atoms with Gasteiger partial charge in [-0.3, -0.25) is 0 Å². The van der Waals surface area contributed by atoms with E-state index in [4.69, 9.17) is 15.0 Å². The number of rotatable bonds is 6. The number of aliphatic carboxylic acids is 1. The molecular formula is C11H21F3O3. The molecule has 1 atom stereocenters. The van der Waals surface area contributed by atoms with E-state index in [0.717, 1.165) is 6.42 Å². The van der Waals surface area contributed by atoms with Gasteiger partial charge in [-0.15, -0.1) is 0 Å². The molecule has 17 heavy (non-hydrogen) atoms. The Bertz CT molecular complexity index is 191. The first-order chi connectivity index (χ1) is 7.71. The van der Waals surface area contributed by atoms with Crippen molar-refractivity contribution in [2.45, 2.75) is 64.7 Å². The second-order valence-corrected chi connectivity index (χ2v) is 3.85. The van der Waals surface area contributed by atoms with Crippen LogP contribution in [-0.2, 0) is 4.79 Å². The molecule has 0 aliphatic carbocycles. The molecule has 0 radical (unpaired) electrons. The van der Waals surface area contributed by atoms with E-state index in [9.17, 15) is 13.2 Å². The molecule has 0 saturated carbocycles. The predicted molar refractivity (Wildman–Crippen MR) is 58.7 cm³/mol. The van der Waals surface area contributed by atoms with Crippen LogP contribution in [-0.4, -0.2) is 28.5 Å². The highest BCUT2D eigenvalue weighted by Gasteiger charge is 2.38. The third-order valence-corrected chi connectivity index (χ3v) is 1.97. The van der Waals surface area contributed by atoms with Crippen molar-refractivity contribution < 1.29 is 28.2 Å². The molecule has 1 unspecified atom stereocenters. The fourth-order valence-electron chi connectivity index (χ4n) is 1.04. The van der Waals surface area contributed by atoms with Crippen LogP contribution < -0.4 is 0 Å². The van der Waals surface area contributed by atoms with Crippen LogP contribution in [0.15, 0.2) is 0 Å². The number of unbranched alkanes of at least 4 members (excludes halogenated alkanes) is 4. The molecule has 0 amide bonds. The highest BCUT2D eigenvalue weighted by Crippen LogP contribution is 2.13. The van der Waals surface area contributed by atoms with E-state index in [1.165, 1.54) is 32.1 Å². The van der Waals surface area contributed by atoms with Crippen LogP contribution in [0.5, 0.6) is 0 Å². The van der Waals surface area contributed by atoms with Crippen molar-refractivity contribution in [1.29, 1.82) is 0 Å². The molecule has 0 aromatic heterocycles. The molecule has 6 heteroatoms. The van der Waals surface area contributed by atoms with Gasteiger partial charge in [0.1, 0.15) is 0 Å². The van der Waals surface area contributed by atoms with Gasteiger partial charge in [-0.1, -0.05) is 39.0 Å². The Morgan fingerprint density at radius 2 is 1.59 bits per heavy atom. The van der Waals surface area contributed by atoms with E-state index in [2.05, 4.69) is 6.92 Å². The predicted octanol–water partition coefficient (Wildman–Crippen LogP) is 3.36. The summed E-state index contributed by atoms with van der Waals surface area (Å²) >= 11 is 0. The topological polar surface area (TPSA) is 57.5 Å². The van der Waals surface area contributed by atoms with Crippen LogP contribution >= 0.6 is 0 Å². The lowest BCUT2D eigenvalue weighted by atomic mass is 10.1. The normalized spacial score (nSPS) is 12.6. The van der Waals surface area contributed by atoms with Crippen LogP contribution in [0.4, 0.5) is 13.2 Å². The minimum absolute atomic E-state index is 0.0957. The number of halogens is 3. The summed E-state index contributed by atoms with van der Waals surface area (Å²) in [7, 11) is 0. The molecule has 0 rings (SSSR count). The van der Waals surface area contributed by atoms with Gasteiger partial charge in [-0.05, 0) is 13.3 Å². The summed E-state index contributed by atoms with van der Waals surface area (Å²) in [5, 5.41) is 16.0. The fraction of sp³-hybridized carbons (Fsp3) is 0.909. The van der Waals surface area contributed by atoms with Crippen molar-refractivity contribution in [3.63, 3.8) is 0 Å². The number of aliphatic hydroxyl groups excluding tert-OH is 1. The maximum absolute atomic E-state index is 10.6. The summed E-state index contributed by atoms with van der Waals surface area (Å²) in [6.45, 7) is 4.08. The Kier molecular flexibility index (Phi) is 11.3. The third-order valence-electron chi connectivity index (χ3n) is 1.97. The maximum Gasteiger partial charge on any atom is 0.490 e. The number of hydrogen-bond acceptors (Lipinski definition) is 2. The molecular weight excluding hydrogens is 237 g/mol. The first-order valence-electron chi connectivity index (χ1n) is 5.70. The monoisotopic (exact) mass is 258 g/mol. The first kappa shape index (κ1) is 18.6. The fourth-order valence-corrected chi connectivity index (χ4v) is 1.04. The molecule has 0 aliphatic rings. The van der Waals surface area contributed by atoms with Crippen LogP contribution in [0.3, 0.4) is 0 Å². The summed E-state index contributed by atoms with van der Waals surface area (Å²) < 4.78 is 31.7. The van der Waals surface area contributed by atoms with Crippen LogP contribution in [0.25, 0.3) is 0 Å². The molecule has 0 aliphatic heterocycles. The van der Waals surface area contributed by atoms with Gasteiger partial charge in [0.05, 0.1) is 6.10 Å². The summed E-state index contributed by atoms with van der Waals surface area (Å²) in [4.78, 5) is 8.90. The first-order valence-corrected chi connectivity index (χ1v) is 5.70. The number of aliphatic hydroxyl groups is 1. The third kappa shape index (κ3) is 17.8. The molecule has 0 aromatic rings. The van der Waals surface area contributed by atoms with Crippen molar-refractivity contribution in [2.24, 2.45) is 0 Å². The van der Waals surface area contributed by atoms with E-state index in [1.807, 2.05) is 6.92 Å². The van der Waals surface area contributed by atoms with Gasteiger partial charge in [0, 0.05) is 0 Å².